The molecule has 0 radical (unpaired) electrons. The monoisotopic (exact) mass is 546 g/mol. The third-order valence-electron chi connectivity index (χ3n) is 5.62. The van der Waals surface area contributed by atoms with Crippen LogP contribution in [0.4, 0.5) is 20.2 Å². The Morgan fingerprint density at radius 3 is 2.58 bits per heavy atom. The number of nitrogens with two attached hydrogens (primary N) is 1. The van der Waals surface area contributed by atoms with Crippen LogP contribution in [0.1, 0.15) is 43.7 Å². The molecule has 0 spiro atoms. The molecule has 2 heterocycles. The van der Waals surface area contributed by atoms with Crippen LogP contribution in [0, 0.1) is 0 Å². The number of thioether (sulfide) groups is 1. The third-order valence-corrected chi connectivity index (χ3v) is 6.89. The minimum absolute atomic E-state index is 0.0263. The molecule has 38 heavy (non-hydrogen) atoms. The molecule has 1 aliphatic heterocycles. The van der Waals surface area contributed by atoms with Crippen molar-refractivity contribution in [3.63, 3.8) is 0 Å². The minimum atomic E-state index is -2.55. The molecule has 1 aliphatic rings. The SMILES string of the molecule is C=C/C=C(\C=C/C)Cn1cnc(C(N)=O)n1.CCCSc1ccc(N2CCC(F)(F)CC2)cc1N(C)C=O. The van der Waals surface area contributed by atoms with E-state index < -0.39 is 11.8 Å². The van der Waals surface area contributed by atoms with E-state index in [1.54, 1.807) is 34.5 Å². The van der Waals surface area contributed by atoms with Crippen LogP contribution in [-0.2, 0) is 11.3 Å². The number of nitrogens with zero attached hydrogens (tertiary/aromatic N) is 5. The van der Waals surface area contributed by atoms with Gasteiger partial charge >= 0.3 is 0 Å². The Hall–Kier alpha value is -3.47. The minimum Gasteiger partial charge on any atom is -0.371 e. The maximum atomic E-state index is 13.3. The number of primary amides is 1. The van der Waals surface area contributed by atoms with Crippen molar-refractivity contribution in [1.29, 1.82) is 0 Å². The number of hydrogen-bond donors (Lipinski definition) is 1. The summed E-state index contributed by atoms with van der Waals surface area (Å²) in [4.78, 5) is 30.2. The number of aromatic nitrogens is 3. The van der Waals surface area contributed by atoms with E-state index >= 15 is 0 Å². The molecule has 1 aromatic heterocycles. The first-order valence-corrected chi connectivity index (χ1v) is 13.3. The summed E-state index contributed by atoms with van der Waals surface area (Å²) in [5.74, 6) is -2.16. The molecule has 0 aliphatic carbocycles. The van der Waals surface area contributed by atoms with Crippen molar-refractivity contribution in [2.75, 3.05) is 35.7 Å². The van der Waals surface area contributed by atoms with Gasteiger partial charge in [-0.1, -0.05) is 37.8 Å². The van der Waals surface area contributed by atoms with E-state index in [-0.39, 0.29) is 18.7 Å². The zero-order valence-electron chi connectivity index (χ0n) is 22.1. The van der Waals surface area contributed by atoms with Gasteiger partial charge in [0.05, 0.1) is 12.2 Å². The van der Waals surface area contributed by atoms with E-state index in [1.165, 1.54) is 6.33 Å². The lowest BCUT2D eigenvalue weighted by atomic mass is 10.1. The third kappa shape index (κ3) is 9.44. The number of amides is 2. The van der Waals surface area contributed by atoms with E-state index in [9.17, 15) is 18.4 Å². The summed E-state index contributed by atoms with van der Waals surface area (Å²) < 4.78 is 28.1. The summed E-state index contributed by atoms with van der Waals surface area (Å²) in [7, 11) is 1.71. The molecule has 2 N–H and O–H groups in total. The first-order valence-electron chi connectivity index (χ1n) is 12.3. The van der Waals surface area contributed by atoms with Gasteiger partial charge in [-0.2, -0.15) is 0 Å². The number of piperidine rings is 1. The van der Waals surface area contributed by atoms with Crippen molar-refractivity contribution in [3.8, 4) is 0 Å². The number of rotatable bonds is 11. The fourth-order valence-electron chi connectivity index (χ4n) is 3.66. The lowest BCUT2D eigenvalue weighted by molar-refractivity contribution is -0.107. The van der Waals surface area contributed by atoms with E-state index in [0.717, 1.165) is 40.4 Å². The quantitative estimate of drug-likeness (QED) is 0.240. The zero-order valence-corrected chi connectivity index (χ0v) is 23.0. The van der Waals surface area contributed by atoms with E-state index in [1.807, 2.05) is 48.3 Å². The van der Waals surface area contributed by atoms with Crippen LogP contribution in [0.5, 0.6) is 0 Å². The van der Waals surface area contributed by atoms with E-state index in [4.69, 9.17) is 5.73 Å². The number of halogens is 2. The molecule has 1 aromatic carbocycles. The first-order chi connectivity index (χ1) is 18.1. The summed E-state index contributed by atoms with van der Waals surface area (Å²) >= 11 is 1.71. The standard InChI is InChI=1S/C16H22F2N2OS.C11H14N4O/c1-3-10-22-15-5-4-13(11-14(15)19(2)12-21)20-8-6-16(17,18)7-9-20;1-3-5-9(6-4-2)7-15-8-13-11(14-15)10(12)16/h4-5,11-12H,3,6-10H2,1-2H3;3-6,8H,1,7H2,2H3,(H2,12,16)/b;6-4-,9-5+. The van der Waals surface area contributed by atoms with Gasteiger partial charge in [0.15, 0.2) is 0 Å². The number of carbonyl (C=O) groups excluding carboxylic acids is 2. The normalized spacial score (nSPS) is 15.1. The van der Waals surface area contributed by atoms with Gasteiger partial charge < -0.3 is 15.5 Å². The topological polar surface area (TPSA) is 97.3 Å². The Kier molecular flexibility index (Phi) is 12.2. The highest BCUT2D eigenvalue weighted by molar-refractivity contribution is 7.99. The summed E-state index contributed by atoms with van der Waals surface area (Å²) in [5, 5.41) is 3.94. The zero-order chi connectivity index (χ0) is 28.1. The van der Waals surface area contributed by atoms with E-state index in [0.29, 0.717) is 19.6 Å². The maximum Gasteiger partial charge on any atom is 0.288 e. The summed E-state index contributed by atoms with van der Waals surface area (Å²) in [6.45, 7) is 8.88. The molecule has 0 atom stereocenters. The van der Waals surface area contributed by atoms with Gasteiger partial charge in [-0.25, -0.2) is 18.4 Å². The first kappa shape index (κ1) is 30.8. The average molecular weight is 547 g/mol. The molecule has 0 saturated carbocycles. The number of hydrogen-bond acceptors (Lipinski definition) is 6. The van der Waals surface area contributed by atoms with Crippen LogP contribution in [0.25, 0.3) is 0 Å². The molecule has 1 saturated heterocycles. The highest BCUT2D eigenvalue weighted by Crippen LogP contribution is 2.36. The smallest absolute Gasteiger partial charge is 0.288 e. The summed E-state index contributed by atoms with van der Waals surface area (Å²) in [6.07, 6.45) is 10.5. The van der Waals surface area contributed by atoms with Gasteiger partial charge in [-0.3, -0.25) is 9.59 Å². The summed E-state index contributed by atoms with van der Waals surface area (Å²) in [6, 6.07) is 5.87. The number of allylic oxidation sites excluding steroid dienone is 5. The van der Waals surface area contributed by atoms with Crippen molar-refractivity contribution >= 4 is 35.5 Å². The Morgan fingerprint density at radius 1 is 1.32 bits per heavy atom. The van der Waals surface area contributed by atoms with Gasteiger partial charge in [-0.05, 0) is 42.9 Å². The van der Waals surface area contributed by atoms with Crippen LogP contribution < -0.4 is 15.5 Å². The molecule has 1 fully saturated rings. The second-order valence-corrected chi connectivity index (χ2v) is 9.80. The van der Waals surface area contributed by atoms with Crippen LogP contribution in [0.15, 0.2) is 65.9 Å². The lowest BCUT2D eigenvalue weighted by Crippen LogP contribution is -2.39. The fourth-order valence-corrected chi connectivity index (χ4v) is 4.60. The van der Waals surface area contributed by atoms with Gasteiger partial charge in [0.2, 0.25) is 12.2 Å². The molecule has 2 aromatic rings. The largest absolute Gasteiger partial charge is 0.371 e. The second kappa shape index (κ2) is 15.1. The number of carbonyl (C=O) groups is 2. The molecule has 8 nitrogen and oxygen atoms in total. The molecule has 0 unspecified atom stereocenters. The Labute approximate surface area is 227 Å². The van der Waals surface area contributed by atoms with Crippen LogP contribution in [0.2, 0.25) is 0 Å². The fraction of sp³-hybridized carbons (Fsp3) is 0.407. The van der Waals surface area contributed by atoms with Crippen LogP contribution in [-0.4, -0.2) is 58.9 Å². The predicted octanol–water partition coefficient (Wildman–Crippen LogP) is 5.08. The van der Waals surface area contributed by atoms with Gasteiger partial charge in [-0.15, -0.1) is 16.9 Å². The van der Waals surface area contributed by atoms with Gasteiger partial charge in [0.25, 0.3) is 11.8 Å². The number of anilines is 2. The summed E-state index contributed by atoms with van der Waals surface area (Å²) in [5.41, 5.74) is 7.80. The Morgan fingerprint density at radius 2 is 2.03 bits per heavy atom. The number of benzene rings is 1. The molecule has 11 heteroatoms. The lowest BCUT2D eigenvalue weighted by Gasteiger charge is -2.34. The van der Waals surface area contributed by atoms with Crippen molar-refractivity contribution in [2.24, 2.45) is 5.73 Å². The Balaban J connectivity index is 0.000000281. The second-order valence-electron chi connectivity index (χ2n) is 8.67. The maximum absolute atomic E-state index is 13.3. The molecular weight excluding hydrogens is 510 g/mol. The highest BCUT2D eigenvalue weighted by Gasteiger charge is 2.34. The Bertz CT molecular complexity index is 1140. The predicted molar refractivity (Wildman–Crippen MR) is 150 cm³/mol. The molecule has 3 rings (SSSR count). The van der Waals surface area contributed by atoms with Gasteiger partial charge in [0, 0.05) is 43.6 Å². The van der Waals surface area contributed by atoms with E-state index in [2.05, 4.69) is 23.6 Å². The number of alkyl halides is 2. The van der Waals surface area contributed by atoms with Crippen LogP contribution >= 0.6 is 11.8 Å². The molecule has 2 amide bonds. The van der Waals surface area contributed by atoms with Crippen LogP contribution in [0.3, 0.4) is 0 Å². The molecule has 0 bridgehead atoms. The average Bonchev–Trinajstić information content (AvgIpc) is 3.36. The van der Waals surface area contributed by atoms with Crippen molar-refractivity contribution < 1.29 is 18.4 Å². The van der Waals surface area contributed by atoms with Crippen molar-refractivity contribution in [2.45, 2.75) is 50.5 Å². The van der Waals surface area contributed by atoms with Crippen molar-refractivity contribution in [3.05, 3.63) is 66.8 Å². The molecular formula is C27H36F2N6O2S. The van der Waals surface area contributed by atoms with Crippen molar-refractivity contribution in [1.82, 2.24) is 14.8 Å². The van der Waals surface area contributed by atoms with Gasteiger partial charge in [0.1, 0.15) is 6.33 Å². The highest BCUT2D eigenvalue weighted by atomic mass is 32.2. The molecule has 206 valence electrons.